The number of rotatable bonds is 5. The van der Waals surface area contributed by atoms with Gasteiger partial charge < -0.3 is 14.5 Å². The number of ether oxygens (including phenoxy) is 2. The molecule has 0 bridgehead atoms. The van der Waals surface area contributed by atoms with Crippen LogP contribution in [0.2, 0.25) is 0 Å². The lowest BCUT2D eigenvalue weighted by Crippen LogP contribution is -2.49. The summed E-state index contributed by atoms with van der Waals surface area (Å²) in [6.45, 7) is 4.48. The molecule has 5 nitrogen and oxygen atoms in total. The summed E-state index contributed by atoms with van der Waals surface area (Å²) in [5.74, 6) is 0.847. The molecule has 2 aliphatic rings. The molecule has 2 atom stereocenters. The second-order valence-electron chi connectivity index (χ2n) is 7.98. The summed E-state index contributed by atoms with van der Waals surface area (Å²) < 4.78 is 10.6. The van der Waals surface area contributed by atoms with Gasteiger partial charge in [0.1, 0.15) is 5.75 Å². The lowest BCUT2D eigenvalue weighted by atomic mass is 9.65. The quantitative estimate of drug-likeness (QED) is 0.801. The van der Waals surface area contributed by atoms with E-state index in [1.54, 1.807) is 7.11 Å². The highest BCUT2D eigenvalue weighted by Gasteiger charge is 2.47. The molecule has 146 valence electrons. The Morgan fingerprint density at radius 2 is 2.19 bits per heavy atom. The summed E-state index contributed by atoms with van der Waals surface area (Å²) >= 11 is 0. The third-order valence-corrected chi connectivity index (χ3v) is 6.89. The maximum Gasteiger partial charge on any atom is 0.305 e. The van der Waals surface area contributed by atoms with Crippen LogP contribution in [-0.2, 0) is 16.0 Å². The van der Waals surface area contributed by atoms with Crippen LogP contribution in [0.15, 0.2) is 18.2 Å². The maximum atomic E-state index is 11.9. The summed E-state index contributed by atoms with van der Waals surface area (Å²) in [5, 5.41) is 1.23. The van der Waals surface area contributed by atoms with Crippen molar-refractivity contribution in [2.45, 2.75) is 51.5 Å². The van der Waals surface area contributed by atoms with Gasteiger partial charge in [-0.3, -0.25) is 9.69 Å². The minimum absolute atomic E-state index is 0.103. The van der Waals surface area contributed by atoms with E-state index in [1.165, 1.54) is 30.2 Å². The van der Waals surface area contributed by atoms with E-state index in [-0.39, 0.29) is 11.4 Å². The molecule has 0 radical (unpaired) electrons. The molecule has 2 aromatic rings. The fourth-order valence-electron chi connectivity index (χ4n) is 5.50. The predicted octanol–water partition coefficient (Wildman–Crippen LogP) is 4.22. The summed E-state index contributed by atoms with van der Waals surface area (Å²) in [6.07, 6.45) is 5.84. The molecule has 0 amide bonds. The van der Waals surface area contributed by atoms with E-state index < -0.39 is 0 Å². The summed E-state index contributed by atoms with van der Waals surface area (Å²) in [4.78, 5) is 18.3. The number of H-pyrrole nitrogens is 1. The van der Waals surface area contributed by atoms with E-state index in [9.17, 15) is 4.79 Å². The Bertz CT molecular complexity index is 843. The zero-order valence-corrected chi connectivity index (χ0v) is 16.6. The van der Waals surface area contributed by atoms with Crippen molar-refractivity contribution in [3.05, 3.63) is 29.5 Å². The monoisotopic (exact) mass is 370 g/mol. The Hall–Kier alpha value is -2.01. The highest BCUT2D eigenvalue weighted by molar-refractivity contribution is 5.91. The number of benzene rings is 1. The summed E-state index contributed by atoms with van der Waals surface area (Å²) in [5.41, 5.74) is 4.01. The molecule has 5 heteroatoms. The minimum Gasteiger partial charge on any atom is -0.496 e. The van der Waals surface area contributed by atoms with Gasteiger partial charge in [0.05, 0.1) is 20.3 Å². The molecular weight excluding hydrogens is 340 g/mol. The number of hydrogen-bond acceptors (Lipinski definition) is 4. The topological polar surface area (TPSA) is 54.6 Å². The van der Waals surface area contributed by atoms with E-state index >= 15 is 0 Å². The van der Waals surface area contributed by atoms with Crippen molar-refractivity contribution in [3.63, 3.8) is 0 Å². The highest BCUT2D eigenvalue weighted by Crippen LogP contribution is 2.54. The first-order valence-corrected chi connectivity index (χ1v) is 10.1. The van der Waals surface area contributed by atoms with Crippen LogP contribution in [0.5, 0.6) is 5.75 Å². The number of piperidine rings is 1. The van der Waals surface area contributed by atoms with Crippen molar-refractivity contribution in [2.75, 3.05) is 27.3 Å². The molecule has 3 heterocycles. The van der Waals surface area contributed by atoms with E-state index in [0.29, 0.717) is 12.5 Å². The van der Waals surface area contributed by atoms with Crippen LogP contribution in [-0.4, -0.2) is 43.2 Å². The Labute approximate surface area is 161 Å². The lowest BCUT2D eigenvalue weighted by Gasteiger charge is -2.52. The predicted molar refractivity (Wildman–Crippen MR) is 106 cm³/mol. The van der Waals surface area contributed by atoms with Gasteiger partial charge in [-0.15, -0.1) is 0 Å². The molecule has 4 rings (SSSR count). The van der Waals surface area contributed by atoms with E-state index in [2.05, 4.69) is 22.9 Å². The minimum atomic E-state index is -0.103. The van der Waals surface area contributed by atoms with Crippen molar-refractivity contribution in [3.8, 4) is 5.75 Å². The molecule has 27 heavy (non-hydrogen) atoms. The average molecular weight is 370 g/mol. The highest BCUT2D eigenvalue weighted by atomic mass is 16.5. The fourth-order valence-corrected chi connectivity index (χ4v) is 5.50. The Morgan fingerprint density at radius 3 is 2.93 bits per heavy atom. The number of aromatic nitrogens is 1. The van der Waals surface area contributed by atoms with Crippen LogP contribution in [0.25, 0.3) is 10.9 Å². The number of hydrogen-bond donors (Lipinski definition) is 1. The van der Waals surface area contributed by atoms with Crippen molar-refractivity contribution in [1.82, 2.24) is 9.88 Å². The first kappa shape index (κ1) is 18.4. The first-order valence-electron chi connectivity index (χ1n) is 10.1. The van der Waals surface area contributed by atoms with Gasteiger partial charge in [0.25, 0.3) is 0 Å². The standard InChI is InChI=1S/C22H30N2O3/c1-4-22(12-9-18(25)27-3)11-6-13-24-14-10-15-19-16(23-20(15)21(22)24)7-5-8-17(19)26-2/h5,7-8,21,23H,4,6,9-14H2,1-3H3. The van der Waals surface area contributed by atoms with Crippen molar-refractivity contribution < 1.29 is 14.3 Å². The zero-order chi connectivity index (χ0) is 19.0. The van der Waals surface area contributed by atoms with Crippen LogP contribution in [0.1, 0.15) is 56.3 Å². The number of esters is 1. The van der Waals surface area contributed by atoms with Gasteiger partial charge in [-0.25, -0.2) is 0 Å². The molecule has 1 saturated heterocycles. The largest absolute Gasteiger partial charge is 0.496 e. The number of nitrogens with one attached hydrogen (secondary N) is 1. The summed E-state index contributed by atoms with van der Waals surface area (Å²) in [7, 11) is 3.23. The van der Waals surface area contributed by atoms with Gasteiger partial charge in [0.15, 0.2) is 0 Å². The number of carbonyl (C=O) groups excluding carboxylic acids is 1. The van der Waals surface area contributed by atoms with E-state index in [1.807, 2.05) is 12.1 Å². The van der Waals surface area contributed by atoms with E-state index in [0.717, 1.165) is 50.0 Å². The normalized spacial score (nSPS) is 25.1. The van der Waals surface area contributed by atoms with Crippen molar-refractivity contribution >= 4 is 16.9 Å². The molecule has 0 saturated carbocycles. The van der Waals surface area contributed by atoms with Crippen molar-refractivity contribution in [2.24, 2.45) is 5.41 Å². The molecule has 2 aliphatic heterocycles. The molecular formula is C22H30N2O3. The number of aromatic amines is 1. The van der Waals surface area contributed by atoms with Crippen LogP contribution >= 0.6 is 0 Å². The number of nitrogens with zero attached hydrogens (tertiary/aromatic N) is 1. The Kier molecular flexibility index (Phi) is 4.89. The fraction of sp³-hybridized carbons (Fsp3) is 0.591. The van der Waals surface area contributed by atoms with Gasteiger partial charge in [-0.1, -0.05) is 13.0 Å². The Morgan fingerprint density at radius 1 is 1.33 bits per heavy atom. The van der Waals surface area contributed by atoms with Crippen LogP contribution in [0, 0.1) is 5.41 Å². The van der Waals surface area contributed by atoms with Gasteiger partial charge in [0.2, 0.25) is 0 Å². The van der Waals surface area contributed by atoms with Crippen LogP contribution in [0.3, 0.4) is 0 Å². The third kappa shape index (κ3) is 2.92. The second-order valence-corrected chi connectivity index (χ2v) is 7.98. The van der Waals surface area contributed by atoms with Gasteiger partial charge in [-0.05, 0) is 61.8 Å². The van der Waals surface area contributed by atoms with E-state index in [4.69, 9.17) is 9.47 Å². The van der Waals surface area contributed by atoms with Gasteiger partial charge in [0, 0.05) is 29.6 Å². The number of methoxy groups -OCH3 is 2. The molecule has 1 aromatic heterocycles. The van der Waals surface area contributed by atoms with Crippen molar-refractivity contribution in [1.29, 1.82) is 0 Å². The number of fused-ring (bicyclic) bond motifs is 5. The molecule has 1 aromatic carbocycles. The summed E-state index contributed by atoms with van der Waals surface area (Å²) in [6, 6.07) is 6.58. The Balaban J connectivity index is 1.81. The molecule has 0 spiro atoms. The van der Waals surface area contributed by atoms with Crippen LogP contribution in [0.4, 0.5) is 0 Å². The third-order valence-electron chi connectivity index (χ3n) is 6.89. The average Bonchev–Trinajstić information content (AvgIpc) is 3.10. The maximum absolute atomic E-state index is 11.9. The van der Waals surface area contributed by atoms with Gasteiger partial charge >= 0.3 is 5.97 Å². The lowest BCUT2D eigenvalue weighted by molar-refractivity contribution is -0.142. The van der Waals surface area contributed by atoms with Gasteiger partial charge in [-0.2, -0.15) is 0 Å². The molecule has 0 aliphatic carbocycles. The SMILES string of the molecule is CCC1(CCC(=O)OC)CCCN2CCc3c([nH]c4cccc(OC)c34)C21. The van der Waals surface area contributed by atoms with Crippen LogP contribution < -0.4 is 4.74 Å². The first-order chi connectivity index (χ1) is 13.1. The molecule has 1 N–H and O–H groups in total. The zero-order valence-electron chi connectivity index (χ0n) is 16.6. The number of carbonyl (C=O) groups is 1. The molecule has 1 fully saturated rings. The smallest absolute Gasteiger partial charge is 0.305 e. The second kappa shape index (κ2) is 7.19. The molecule has 2 unspecified atom stereocenters.